The summed E-state index contributed by atoms with van der Waals surface area (Å²) in [5.41, 5.74) is 0. The number of aliphatic hydroxyl groups is 3. The fourth-order valence-electron chi connectivity index (χ4n) is 1.45. The third kappa shape index (κ3) is 4.85. The van der Waals surface area contributed by atoms with E-state index in [4.69, 9.17) is 24.5 Å². The van der Waals surface area contributed by atoms with Crippen molar-refractivity contribution in [2.45, 2.75) is 24.4 Å². The first-order valence-corrected chi connectivity index (χ1v) is 7.94. The maximum atomic E-state index is 11.3. The number of aliphatic hydroxyl groups excluding tert-OH is 3. The number of phosphoric acid groups is 2. The van der Waals surface area contributed by atoms with E-state index in [0.29, 0.717) is 0 Å². The molecule has 1 heterocycles. The summed E-state index contributed by atoms with van der Waals surface area (Å²) < 4.78 is 34.4. The van der Waals surface area contributed by atoms with Crippen molar-refractivity contribution in [1.82, 2.24) is 0 Å². The van der Waals surface area contributed by atoms with Crippen LogP contribution in [-0.2, 0) is 22.7 Å². The highest BCUT2D eigenvalue weighted by molar-refractivity contribution is 7.60. The molecule has 0 saturated carbocycles. The van der Waals surface area contributed by atoms with Gasteiger partial charge in [0.25, 0.3) is 0 Å². The average Bonchev–Trinajstić information content (AvgIpc) is 2.19. The molecule has 1 saturated heterocycles. The molecule has 1 aliphatic rings. The summed E-state index contributed by atoms with van der Waals surface area (Å²) in [6, 6.07) is 0. The van der Waals surface area contributed by atoms with Crippen LogP contribution in [0.3, 0.4) is 0 Å². The number of rotatable bonds is 5. The number of hydrogen-bond acceptors (Lipinski definition) is 8. The van der Waals surface area contributed by atoms with Crippen molar-refractivity contribution in [2.75, 3.05) is 13.2 Å². The topological polar surface area (TPSA) is 183 Å². The van der Waals surface area contributed by atoms with Crippen molar-refractivity contribution < 1.29 is 52.7 Å². The molecule has 1 aliphatic heterocycles. The molecule has 1 unspecified atom stereocenters. The van der Waals surface area contributed by atoms with Gasteiger partial charge in [-0.2, -0.15) is 4.31 Å². The van der Waals surface area contributed by atoms with Gasteiger partial charge < -0.3 is 34.7 Å². The van der Waals surface area contributed by atoms with E-state index in [0.717, 1.165) is 0 Å². The Morgan fingerprint density at radius 3 is 2.26 bits per heavy atom. The second-order valence-electron chi connectivity index (χ2n) is 3.82. The number of hydrogen-bond donors (Lipinski definition) is 6. The summed E-state index contributed by atoms with van der Waals surface area (Å²) >= 11 is 0. The zero-order valence-corrected chi connectivity index (χ0v) is 11.2. The van der Waals surface area contributed by atoms with E-state index >= 15 is 0 Å². The molecular weight excluding hydrogens is 310 g/mol. The monoisotopic (exact) mass is 324 g/mol. The summed E-state index contributed by atoms with van der Waals surface area (Å²) in [6.07, 6.45) is -3.13. The first kappa shape index (κ1) is 17.2. The van der Waals surface area contributed by atoms with Crippen LogP contribution < -0.4 is 0 Å². The van der Waals surface area contributed by atoms with Gasteiger partial charge in [-0.15, -0.1) is 0 Å². The molecule has 0 spiro atoms. The molecule has 0 bridgehead atoms. The smallest absolute Gasteiger partial charge is 0.391 e. The summed E-state index contributed by atoms with van der Waals surface area (Å²) in [4.78, 5) is 26.0. The van der Waals surface area contributed by atoms with Crippen molar-refractivity contribution >= 4 is 15.6 Å². The molecule has 0 aromatic carbocycles. The van der Waals surface area contributed by atoms with Gasteiger partial charge in [0.15, 0.2) is 0 Å². The van der Waals surface area contributed by atoms with E-state index in [1.54, 1.807) is 0 Å². The van der Waals surface area contributed by atoms with Crippen molar-refractivity contribution in [3.63, 3.8) is 0 Å². The zero-order chi connectivity index (χ0) is 14.9. The Bertz CT molecular complexity index is 406. The lowest BCUT2D eigenvalue weighted by molar-refractivity contribution is -0.295. The molecular formula is C6H14O11P2. The molecule has 1 rings (SSSR count). The van der Waals surface area contributed by atoms with E-state index in [9.17, 15) is 19.3 Å². The van der Waals surface area contributed by atoms with Gasteiger partial charge in [0, 0.05) is 6.42 Å². The van der Waals surface area contributed by atoms with Gasteiger partial charge in [0.1, 0.15) is 12.7 Å². The SMILES string of the molecule is O=P(O)(O)OP(=O)(O)O[C@@]1(CO)OC[C@H](O)C[C@@H]1O. The fraction of sp³-hybridized carbons (Fsp3) is 1.00. The molecule has 0 aliphatic carbocycles. The summed E-state index contributed by atoms with van der Waals surface area (Å²) in [7, 11) is -10.6. The van der Waals surface area contributed by atoms with Crippen molar-refractivity contribution in [2.24, 2.45) is 0 Å². The van der Waals surface area contributed by atoms with Gasteiger partial charge in [0.2, 0.25) is 5.79 Å². The largest absolute Gasteiger partial charge is 0.483 e. The van der Waals surface area contributed by atoms with Crippen molar-refractivity contribution in [3.8, 4) is 0 Å². The van der Waals surface area contributed by atoms with Gasteiger partial charge in [-0.1, -0.05) is 0 Å². The lowest BCUT2D eigenvalue weighted by Gasteiger charge is -2.40. The summed E-state index contributed by atoms with van der Waals surface area (Å²) in [5.74, 6) is -2.42. The minimum Gasteiger partial charge on any atom is -0.391 e. The first-order chi connectivity index (χ1) is 8.50. The molecule has 4 atom stereocenters. The van der Waals surface area contributed by atoms with Gasteiger partial charge in [-0.25, -0.2) is 13.7 Å². The summed E-state index contributed by atoms with van der Waals surface area (Å²) in [6.45, 7) is -1.52. The molecule has 11 nitrogen and oxygen atoms in total. The van der Waals surface area contributed by atoms with Crippen LogP contribution in [0.15, 0.2) is 0 Å². The fourth-order valence-corrected chi connectivity index (χ4v) is 3.28. The Balaban J connectivity index is 2.87. The first-order valence-electron chi connectivity index (χ1n) is 4.91. The molecule has 6 N–H and O–H groups in total. The quantitative estimate of drug-likeness (QED) is 0.309. The van der Waals surface area contributed by atoms with E-state index < -0.39 is 46.9 Å². The maximum Gasteiger partial charge on any atom is 0.483 e. The van der Waals surface area contributed by atoms with E-state index in [1.165, 1.54) is 0 Å². The molecule has 13 heteroatoms. The molecule has 0 aromatic heterocycles. The zero-order valence-electron chi connectivity index (χ0n) is 9.39. The van der Waals surface area contributed by atoms with Gasteiger partial charge >= 0.3 is 15.6 Å². The Labute approximate surface area is 107 Å². The predicted octanol–water partition coefficient (Wildman–Crippen LogP) is -1.96. The molecule has 0 aromatic rings. The normalized spacial score (nSPS) is 35.9. The van der Waals surface area contributed by atoms with Crippen LogP contribution in [0, 0.1) is 0 Å². The Morgan fingerprint density at radius 2 is 1.84 bits per heavy atom. The van der Waals surface area contributed by atoms with Crippen LogP contribution in [0.5, 0.6) is 0 Å². The summed E-state index contributed by atoms with van der Waals surface area (Å²) in [5, 5.41) is 27.9. The highest BCUT2D eigenvalue weighted by atomic mass is 31.3. The maximum absolute atomic E-state index is 11.3. The van der Waals surface area contributed by atoms with Crippen LogP contribution in [0.25, 0.3) is 0 Å². The Kier molecular flexibility index (Phi) is 5.27. The van der Waals surface area contributed by atoms with Gasteiger partial charge in [0.05, 0.1) is 12.7 Å². The Morgan fingerprint density at radius 1 is 1.26 bits per heavy atom. The van der Waals surface area contributed by atoms with Gasteiger partial charge in [-0.3, -0.25) is 0 Å². The standard InChI is InChI=1S/C6H14O11P2/c7-3-6(5(9)1-4(8)2-15-6)16-19(13,14)17-18(10,11)12/h4-5,7-9H,1-3H2,(H,13,14)(H2,10,11,12)/t4-,5+,6-/m1/s1. The second-order valence-corrected chi connectivity index (χ2v) is 6.57. The molecule has 1 fully saturated rings. The van der Waals surface area contributed by atoms with Crippen LogP contribution in [-0.4, -0.2) is 61.2 Å². The third-order valence-electron chi connectivity index (χ3n) is 2.22. The molecule has 114 valence electrons. The lowest BCUT2D eigenvalue weighted by atomic mass is 10.0. The van der Waals surface area contributed by atoms with Crippen molar-refractivity contribution in [3.05, 3.63) is 0 Å². The third-order valence-corrected chi connectivity index (χ3v) is 4.44. The van der Waals surface area contributed by atoms with E-state index in [2.05, 4.69) is 8.83 Å². The van der Waals surface area contributed by atoms with E-state index in [1.807, 2.05) is 0 Å². The Hall–Kier alpha value is 0.1000. The highest BCUT2D eigenvalue weighted by Crippen LogP contribution is 2.60. The minimum absolute atomic E-state index is 0.337. The van der Waals surface area contributed by atoms with Crippen LogP contribution >= 0.6 is 15.6 Å². The molecule has 0 amide bonds. The van der Waals surface area contributed by atoms with E-state index in [-0.39, 0.29) is 6.42 Å². The second kappa shape index (κ2) is 5.84. The molecule has 19 heavy (non-hydrogen) atoms. The van der Waals surface area contributed by atoms with Crippen LogP contribution in [0.4, 0.5) is 0 Å². The predicted molar refractivity (Wildman–Crippen MR) is 56.4 cm³/mol. The van der Waals surface area contributed by atoms with Crippen molar-refractivity contribution in [1.29, 1.82) is 0 Å². The van der Waals surface area contributed by atoms with Crippen LogP contribution in [0.2, 0.25) is 0 Å². The van der Waals surface area contributed by atoms with Gasteiger partial charge in [-0.05, 0) is 0 Å². The lowest BCUT2D eigenvalue weighted by Crippen LogP contribution is -2.56. The number of ether oxygens (including phenoxy) is 1. The minimum atomic E-state index is -5.33. The number of phosphoric ester groups is 1. The average molecular weight is 324 g/mol. The van der Waals surface area contributed by atoms with Crippen LogP contribution in [0.1, 0.15) is 6.42 Å². The highest BCUT2D eigenvalue weighted by Gasteiger charge is 2.51. The molecule has 0 radical (unpaired) electrons.